The monoisotopic (exact) mass is 312 g/mol. The van der Waals surface area contributed by atoms with Crippen molar-refractivity contribution >= 4 is 28.7 Å². The van der Waals surface area contributed by atoms with Gasteiger partial charge in [0.1, 0.15) is 5.75 Å². The first-order valence-corrected chi connectivity index (χ1v) is 6.95. The molecular formula is C14H13ClO4S. The quantitative estimate of drug-likeness (QED) is 0.790. The average molecular weight is 313 g/mol. The van der Waals surface area contributed by atoms with E-state index in [-0.39, 0.29) is 5.78 Å². The SMILES string of the molecule is COc1cc(OC)c(C(=O)c2sccc2Cl)cc1OC. The molecule has 2 aromatic rings. The van der Waals surface area contributed by atoms with E-state index in [1.54, 1.807) is 23.6 Å². The standard InChI is InChI=1S/C14H13ClO4S/c1-17-10-7-12(19-3)11(18-2)6-8(10)13(16)14-9(15)4-5-20-14/h4-7H,1-3H3. The molecule has 0 aliphatic rings. The third-order valence-corrected chi connectivity index (χ3v) is 4.11. The van der Waals surface area contributed by atoms with E-state index in [1.807, 2.05) is 0 Å². The number of carbonyl (C=O) groups is 1. The summed E-state index contributed by atoms with van der Waals surface area (Å²) in [6.45, 7) is 0. The first-order valence-electron chi connectivity index (χ1n) is 5.70. The summed E-state index contributed by atoms with van der Waals surface area (Å²) in [5, 5.41) is 2.19. The van der Waals surface area contributed by atoms with Crippen LogP contribution in [0.3, 0.4) is 0 Å². The molecular weight excluding hydrogens is 300 g/mol. The maximum Gasteiger partial charge on any atom is 0.208 e. The highest BCUT2D eigenvalue weighted by Gasteiger charge is 2.21. The first-order chi connectivity index (χ1) is 9.62. The normalized spacial score (nSPS) is 10.2. The number of ether oxygens (including phenoxy) is 3. The lowest BCUT2D eigenvalue weighted by molar-refractivity contribution is 0.103. The molecule has 20 heavy (non-hydrogen) atoms. The van der Waals surface area contributed by atoms with Gasteiger partial charge in [-0.15, -0.1) is 11.3 Å². The number of hydrogen-bond donors (Lipinski definition) is 0. The molecule has 0 saturated carbocycles. The molecule has 0 aliphatic heterocycles. The zero-order chi connectivity index (χ0) is 14.7. The lowest BCUT2D eigenvalue weighted by atomic mass is 10.1. The molecule has 0 N–H and O–H groups in total. The van der Waals surface area contributed by atoms with Gasteiger partial charge < -0.3 is 14.2 Å². The number of rotatable bonds is 5. The second-order valence-corrected chi connectivity index (χ2v) is 5.16. The average Bonchev–Trinajstić information content (AvgIpc) is 2.91. The van der Waals surface area contributed by atoms with Crippen LogP contribution in [0.2, 0.25) is 5.02 Å². The van der Waals surface area contributed by atoms with Gasteiger partial charge in [-0.25, -0.2) is 0 Å². The molecule has 106 valence electrons. The third kappa shape index (κ3) is 2.59. The van der Waals surface area contributed by atoms with E-state index < -0.39 is 0 Å². The fourth-order valence-corrected chi connectivity index (χ4v) is 2.88. The fraction of sp³-hybridized carbons (Fsp3) is 0.214. The molecule has 0 amide bonds. The van der Waals surface area contributed by atoms with Gasteiger partial charge in [0.25, 0.3) is 0 Å². The Bertz CT molecular complexity index is 636. The van der Waals surface area contributed by atoms with Gasteiger partial charge in [0.05, 0.1) is 36.8 Å². The van der Waals surface area contributed by atoms with Gasteiger partial charge in [-0.3, -0.25) is 4.79 Å². The van der Waals surface area contributed by atoms with Gasteiger partial charge in [-0.2, -0.15) is 0 Å². The number of hydrogen-bond acceptors (Lipinski definition) is 5. The van der Waals surface area contributed by atoms with Crippen molar-refractivity contribution in [1.29, 1.82) is 0 Å². The Morgan fingerprint density at radius 3 is 2.15 bits per heavy atom. The van der Waals surface area contributed by atoms with Crippen molar-refractivity contribution in [2.45, 2.75) is 0 Å². The minimum atomic E-state index is -0.206. The van der Waals surface area contributed by atoms with Crippen LogP contribution in [0, 0.1) is 0 Å². The van der Waals surface area contributed by atoms with Crippen LogP contribution in [0.25, 0.3) is 0 Å². The summed E-state index contributed by atoms with van der Waals surface area (Å²) in [5.74, 6) is 1.17. The fourth-order valence-electron chi connectivity index (χ4n) is 1.78. The van der Waals surface area contributed by atoms with Crippen LogP contribution >= 0.6 is 22.9 Å². The number of benzene rings is 1. The van der Waals surface area contributed by atoms with Crippen LogP contribution in [-0.2, 0) is 0 Å². The van der Waals surface area contributed by atoms with Crippen molar-refractivity contribution in [1.82, 2.24) is 0 Å². The molecule has 0 bridgehead atoms. The topological polar surface area (TPSA) is 44.8 Å². The van der Waals surface area contributed by atoms with E-state index in [1.165, 1.54) is 32.7 Å². The third-order valence-electron chi connectivity index (χ3n) is 2.77. The summed E-state index contributed by atoms with van der Waals surface area (Å²) in [6.07, 6.45) is 0. The lowest BCUT2D eigenvalue weighted by Gasteiger charge is -2.13. The van der Waals surface area contributed by atoms with Crippen molar-refractivity contribution in [3.63, 3.8) is 0 Å². The Morgan fingerprint density at radius 2 is 1.65 bits per heavy atom. The van der Waals surface area contributed by atoms with Crippen LogP contribution in [0.1, 0.15) is 15.2 Å². The maximum absolute atomic E-state index is 12.5. The molecule has 4 nitrogen and oxygen atoms in total. The van der Waals surface area contributed by atoms with E-state index in [4.69, 9.17) is 25.8 Å². The van der Waals surface area contributed by atoms with Crippen molar-refractivity contribution in [3.8, 4) is 17.2 Å². The molecule has 1 aromatic carbocycles. The van der Waals surface area contributed by atoms with E-state index in [9.17, 15) is 4.79 Å². The summed E-state index contributed by atoms with van der Waals surface area (Å²) in [6, 6.07) is 4.90. The highest BCUT2D eigenvalue weighted by molar-refractivity contribution is 7.13. The second kappa shape index (κ2) is 6.15. The van der Waals surface area contributed by atoms with Crippen molar-refractivity contribution in [2.75, 3.05) is 21.3 Å². The molecule has 0 saturated heterocycles. The number of ketones is 1. The van der Waals surface area contributed by atoms with Crippen LogP contribution in [0.15, 0.2) is 23.6 Å². The molecule has 6 heteroatoms. The lowest BCUT2D eigenvalue weighted by Crippen LogP contribution is -2.04. The smallest absolute Gasteiger partial charge is 0.208 e. The van der Waals surface area contributed by atoms with E-state index in [2.05, 4.69) is 0 Å². The summed E-state index contributed by atoms with van der Waals surface area (Å²) >= 11 is 7.29. The Morgan fingerprint density at radius 1 is 1.05 bits per heavy atom. The zero-order valence-corrected chi connectivity index (χ0v) is 12.8. The Kier molecular flexibility index (Phi) is 4.52. The van der Waals surface area contributed by atoms with Gasteiger partial charge >= 0.3 is 0 Å². The molecule has 0 aliphatic carbocycles. The number of thiophene rings is 1. The van der Waals surface area contributed by atoms with Crippen LogP contribution in [0.4, 0.5) is 0 Å². The van der Waals surface area contributed by atoms with Crippen molar-refractivity contribution in [3.05, 3.63) is 39.0 Å². The maximum atomic E-state index is 12.5. The summed E-state index contributed by atoms with van der Waals surface area (Å²) in [4.78, 5) is 13.0. The molecule has 2 rings (SSSR count). The second-order valence-electron chi connectivity index (χ2n) is 3.83. The Balaban J connectivity index is 2.55. The summed E-state index contributed by atoms with van der Waals surface area (Å²) in [7, 11) is 4.53. The minimum Gasteiger partial charge on any atom is -0.496 e. The molecule has 0 atom stereocenters. The molecule has 0 fully saturated rings. The summed E-state index contributed by atoms with van der Waals surface area (Å²) < 4.78 is 15.7. The predicted octanol–water partition coefficient (Wildman–Crippen LogP) is 3.66. The van der Waals surface area contributed by atoms with Crippen molar-refractivity contribution in [2.24, 2.45) is 0 Å². The number of halogens is 1. The van der Waals surface area contributed by atoms with Crippen LogP contribution in [-0.4, -0.2) is 27.1 Å². The van der Waals surface area contributed by atoms with Gasteiger partial charge in [-0.1, -0.05) is 11.6 Å². The molecule has 0 spiro atoms. The minimum absolute atomic E-state index is 0.206. The molecule has 1 aromatic heterocycles. The van der Waals surface area contributed by atoms with Gasteiger partial charge in [-0.05, 0) is 17.5 Å². The summed E-state index contributed by atoms with van der Waals surface area (Å²) in [5.41, 5.74) is 0.384. The Labute approximate surface area is 125 Å². The van der Waals surface area contributed by atoms with Gasteiger partial charge in [0.15, 0.2) is 11.5 Å². The van der Waals surface area contributed by atoms with E-state index in [0.29, 0.717) is 32.7 Å². The van der Waals surface area contributed by atoms with E-state index in [0.717, 1.165) is 0 Å². The molecule has 0 unspecified atom stereocenters. The Hall–Kier alpha value is -1.72. The highest BCUT2D eigenvalue weighted by atomic mass is 35.5. The number of carbonyl (C=O) groups excluding carboxylic acids is 1. The largest absolute Gasteiger partial charge is 0.496 e. The number of methoxy groups -OCH3 is 3. The first kappa shape index (κ1) is 14.7. The van der Waals surface area contributed by atoms with Gasteiger partial charge in [0, 0.05) is 6.07 Å². The molecule has 0 radical (unpaired) electrons. The van der Waals surface area contributed by atoms with Gasteiger partial charge in [0.2, 0.25) is 5.78 Å². The molecule has 1 heterocycles. The van der Waals surface area contributed by atoms with Crippen LogP contribution in [0.5, 0.6) is 17.2 Å². The predicted molar refractivity (Wildman–Crippen MR) is 78.9 cm³/mol. The van der Waals surface area contributed by atoms with Crippen LogP contribution < -0.4 is 14.2 Å². The van der Waals surface area contributed by atoms with E-state index >= 15 is 0 Å². The highest BCUT2D eigenvalue weighted by Crippen LogP contribution is 2.37. The zero-order valence-electron chi connectivity index (χ0n) is 11.2. The van der Waals surface area contributed by atoms with Crippen molar-refractivity contribution < 1.29 is 19.0 Å².